The van der Waals surface area contributed by atoms with Crippen molar-refractivity contribution in [3.8, 4) is 11.5 Å². The van der Waals surface area contributed by atoms with Crippen LogP contribution in [0.4, 0.5) is 0 Å². The van der Waals surface area contributed by atoms with E-state index in [0.717, 1.165) is 22.3 Å². The Morgan fingerprint density at radius 2 is 0.933 bits per heavy atom. The molecule has 0 fully saturated rings. The number of para-hydroxylation sites is 2. The second-order valence-electron chi connectivity index (χ2n) is 6.88. The Kier molecular flexibility index (Phi) is 8.41. The number of Topliss-reactive ketones (excluding diaryl/α,β-unsaturated/α-hetero) is 1. The van der Waals surface area contributed by atoms with E-state index in [1.807, 2.05) is 64.1 Å². The molecule has 0 amide bonds. The predicted octanol–water partition coefficient (Wildman–Crippen LogP) is 3.03. The van der Waals surface area contributed by atoms with Crippen LogP contribution in [0.3, 0.4) is 0 Å². The van der Waals surface area contributed by atoms with Crippen molar-refractivity contribution in [2.24, 2.45) is 0 Å². The highest BCUT2D eigenvalue weighted by Gasteiger charge is 2.14. The number of ketones is 1. The van der Waals surface area contributed by atoms with E-state index in [0.29, 0.717) is 11.5 Å². The third kappa shape index (κ3) is 6.92. The summed E-state index contributed by atoms with van der Waals surface area (Å²) in [5, 5.41) is 0. The standard InChI is InChI=1S/C23H26O7/c1-15-7-5-8-16(2)22(15)29-13-20(25)27-11-19(24)12-28-21(26)14-30-23-17(3)9-6-10-18(23)4/h5-10H,11-14H2,1-4H3. The fourth-order valence-electron chi connectivity index (χ4n) is 2.76. The monoisotopic (exact) mass is 414 g/mol. The van der Waals surface area contributed by atoms with Crippen molar-refractivity contribution in [2.45, 2.75) is 27.7 Å². The van der Waals surface area contributed by atoms with Gasteiger partial charge in [-0.2, -0.15) is 0 Å². The van der Waals surface area contributed by atoms with Crippen molar-refractivity contribution in [3.63, 3.8) is 0 Å². The Balaban J connectivity index is 1.66. The number of carbonyl (C=O) groups excluding carboxylic acids is 3. The maximum absolute atomic E-state index is 11.8. The SMILES string of the molecule is Cc1cccc(C)c1OCC(=O)OCC(=O)COC(=O)COc1c(C)cccc1C. The van der Waals surface area contributed by atoms with Gasteiger partial charge in [0, 0.05) is 0 Å². The molecule has 0 aliphatic heterocycles. The molecule has 30 heavy (non-hydrogen) atoms. The van der Waals surface area contributed by atoms with Crippen LogP contribution in [0.25, 0.3) is 0 Å². The van der Waals surface area contributed by atoms with Gasteiger partial charge in [0.1, 0.15) is 11.5 Å². The average molecular weight is 414 g/mol. The molecule has 0 bridgehead atoms. The van der Waals surface area contributed by atoms with Crippen LogP contribution in [0.5, 0.6) is 11.5 Å². The predicted molar refractivity (Wildman–Crippen MR) is 110 cm³/mol. The number of esters is 2. The molecular weight excluding hydrogens is 388 g/mol. The van der Waals surface area contributed by atoms with Crippen LogP contribution in [-0.2, 0) is 23.9 Å². The van der Waals surface area contributed by atoms with E-state index in [-0.39, 0.29) is 13.2 Å². The second-order valence-corrected chi connectivity index (χ2v) is 6.88. The van der Waals surface area contributed by atoms with Crippen LogP contribution in [0.2, 0.25) is 0 Å². The molecule has 0 saturated carbocycles. The highest BCUT2D eigenvalue weighted by Crippen LogP contribution is 2.23. The van der Waals surface area contributed by atoms with Gasteiger partial charge in [0.15, 0.2) is 26.4 Å². The number of ether oxygens (including phenoxy) is 4. The molecule has 0 saturated heterocycles. The Labute approximate surface area is 175 Å². The Bertz CT molecular complexity index is 804. The number of benzene rings is 2. The van der Waals surface area contributed by atoms with Gasteiger partial charge in [-0.15, -0.1) is 0 Å². The summed E-state index contributed by atoms with van der Waals surface area (Å²) in [6, 6.07) is 11.3. The van der Waals surface area contributed by atoms with Crippen molar-refractivity contribution in [2.75, 3.05) is 26.4 Å². The number of carbonyl (C=O) groups is 3. The van der Waals surface area contributed by atoms with Gasteiger partial charge in [0.2, 0.25) is 5.78 Å². The highest BCUT2D eigenvalue weighted by atomic mass is 16.6. The summed E-state index contributed by atoms with van der Waals surface area (Å²) in [6.45, 7) is 5.85. The van der Waals surface area contributed by atoms with Crippen molar-refractivity contribution in [1.82, 2.24) is 0 Å². The van der Waals surface area contributed by atoms with Crippen molar-refractivity contribution < 1.29 is 33.3 Å². The number of hydrogen-bond acceptors (Lipinski definition) is 7. The molecule has 2 aromatic carbocycles. The van der Waals surface area contributed by atoms with E-state index in [1.165, 1.54) is 0 Å². The lowest BCUT2D eigenvalue weighted by atomic mass is 10.1. The summed E-state index contributed by atoms with van der Waals surface area (Å²) >= 11 is 0. The summed E-state index contributed by atoms with van der Waals surface area (Å²) in [5.74, 6) is -0.695. The molecular formula is C23H26O7. The minimum atomic E-state index is -0.685. The van der Waals surface area contributed by atoms with Crippen LogP contribution in [0.1, 0.15) is 22.3 Å². The number of hydrogen-bond donors (Lipinski definition) is 0. The number of rotatable bonds is 10. The molecule has 0 N–H and O–H groups in total. The van der Waals surface area contributed by atoms with E-state index in [4.69, 9.17) is 18.9 Å². The zero-order chi connectivity index (χ0) is 22.1. The maximum Gasteiger partial charge on any atom is 0.344 e. The van der Waals surface area contributed by atoms with Gasteiger partial charge in [-0.05, 0) is 49.9 Å². The van der Waals surface area contributed by atoms with Gasteiger partial charge < -0.3 is 18.9 Å². The normalized spacial score (nSPS) is 10.3. The average Bonchev–Trinajstić information content (AvgIpc) is 2.70. The zero-order valence-corrected chi connectivity index (χ0v) is 17.7. The summed E-state index contributed by atoms with van der Waals surface area (Å²) < 4.78 is 20.7. The van der Waals surface area contributed by atoms with E-state index in [2.05, 4.69) is 0 Å². The molecule has 2 rings (SSSR count). The molecule has 0 unspecified atom stereocenters. The lowest BCUT2D eigenvalue weighted by Gasteiger charge is -2.12. The first kappa shape index (κ1) is 22.9. The highest BCUT2D eigenvalue weighted by molar-refractivity contribution is 5.85. The van der Waals surface area contributed by atoms with Gasteiger partial charge in [0.05, 0.1) is 0 Å². The second kappa shape index (κ2) is 11.0. The molecule has 0 radical (unpaired) electrons. The first-order chi connectivity index (χ1) is 14.3. The number of aryl methyl sites for hydroxylation is 4. The smallest absolute Gasteiger partial charge is 0.344 e. The van der Waals surface area contributed by atoms with Crippen molar-refractivity contribution >= 4 is 17.7 Å². The fourth-order valence-corrected chi connectivity index (χ4v) is 2.76. The van der Waals surface area contributed by atoms with Crippen LogP contribution < -0.4 is 9.47 Å². The van der Waals surface area contributed by atoms with E-state index in [1.54, 1.807) is 0 Å². The van der Waals surface area contributed by atoms with Crippen molar-refractivity contribution in [1.29, 1.82) is 0 Å². The van der Waals surface area contributed by atoms with Gasteiger partial charge in [-0.3, -0.25) is 4.79 Å². The quantitative estimate of drug-likeness (QED) is 0.552. The van der Waals surface area contributed by atoms with Gasteiger partial charge in [-0.1, -0.05) is 36.4 Å². The molecule has 7 heteroatoms. The van der Waals surface area contributed by atoms with E-state index < -0.39 is 30.9 Å². The molecule has 0 spiro atoms. The Morgan fingerprint density at radius 3 is 1.27 bits per heavy atom. The first-order valence-corrected chi connectivity index (χ1v) is 9.49. The minimum absolute atomic E-state index is 0.317. The van der Waals surface area contributed by atoms with Crippen LogP contribution in [-0.4, -0.2) is 44.1 Å². The molecule has 0 aromatic heterocycles. The first-order valence-electron chi connectivity index (χ1n) is 9.49. The summed E-state index contributed by atoms with van der Waals surface area (Å²) in [5.41, 5.74) is 3.59. The summed E-state index contributed by atoms with van der Waals surface area (Å²) in [6.07, 6.45) is 0. The molecule has 0 heterocycles. The molecule has 7 nitrogen and oxygen atoms in total. The molecule has 2 aromatic rings. The molecule has 0 atom stereocenters. The van der Waals surface area contributed by atoms with E-state index >= 15 is 0 Å². The maximum atomic E-state index is 11.8. The lowest BCUT2D eigenvalue weighted by molar-refractivity contribution is -0.154. The largest absolute Gasteiger partial charge is 0.481 e. The van der Waals surface area contributed by atoms with Crippen LogP contribution in [0, 0.1) is 27.7 Å². The van der Waals surface area contributed by atoms with Crippen LogP contribution >= 0.6 is 0 Å². The van der Waals surface area contributed by atoms with Crippen molar-refractivity contribution in [3.05, 3.63) is 58.7 Å². The molecule has 160 valence electrons. The van der Waals surface area contributed by atoms with Gasteiger partial charge >= 0.3 is 11.9 Å². The summed E-state index contributed by atoms with van der Waals surface area (Å²) in [4.78, 5) is 35.3. The summed E-state index contributed by atoms with van der Waals surface area (Å²) in [7, 11) is 0. The Hall–Kier alpha value is -3.35. The lowest BCUT2D eigenvalue weighted by Crippen LogP contribution is -2.25. The molecule has 0 aliphatic rings. The zero-order valence-electron chi connectivity index (χ0n) is 17.7. The van der Waals surface area contributed by atoms with Crippen LogP contribution in [0.15, 0.2) is 36.4 Å². The van der Waals surface area contributed by atoms with Gasteiger partial charge in [-0.25, -0.2) is 9.59 Å². The third-order valence-corrected chi connectivity index (χ3v) is 4.27. The fraction of sp³-hybridized carbons (Fsp3) is 0.348. The molecule has 0 aliphatic carbocycles. The third-order valence-electron chi connectivity index (χ3n) is 4.27. The van der Waals surface area contributed by atoms with E-state index in [9.17, 15) is 14.4 Å². The van der Waals surface area contributed by atoms with Gasteiger partial charge in [0.25, 0.3) is 0 Å². The minimum Gasteiger partial charge on any atom is -0.481 e. The Morgan fingerprint density at radius 1 is 0.600 bits per heavy atom. The topological polar surface area (TPSA) is 88.1 Å².